The van der Waals surface area contributed by atoms with Gasteiger partial charge in [-0.05, 0) is 40.5 Å². The van der Waals surface area contributed by atoms with Gasteiger partial charge in [-0.15, -0.1) is 0 Å². The van der Waals surface area contributed by atoms with Crippen LogP contribution in [0.1, 0.15) is 5.56 Å². The van der Waals surface area contributed by atoms with Crippen LogP contribution in [0.25, 0.3) is 21.9 Å². The van der Waals surface area contributed by atoms with Gasteiger partial charge in [0, 0.05) is 0 Å². The summed E-state index contributed by atoms with van der Waals surface area (Å²) < 4.78 is 0. The highest BCUT2D eigenvalue weighted by Gasteiger charge is 2.02. The Hall–Kier alpha value is -2.08. The molecule has 0 amide bonds. The molecule has 17 heavy (non-hydrogen) atoms. The number of rotatable bonds is 1. The molecule has 0 aliphatic rings. The Morgan fingerprint density at radius 1 is 0.882 bits per heavy atom. The Kier molecular flexibility index (Phi) is 2.41. The first-order valence-electron chi connectivity index (χ1n) is 5.81. The summed E-state index contributed by atoms with van der Waals surface area (Å²) in [7, 11) is 0. The molecule has 0 bridgehead atoms. The molecule has 0 aromatic heterocycles. The van der Waals surface area contributed by atoms with Crippen molar-refractivity contribution in [1.29, 1.82) is 0 Å². The second-order valence-corrected chi connectivity index (χ2v) is 4.29. The summed E-state index contributed by atoms with van der Waals surface area (Å²) in [4.78, 5) is 0. The summed E-state index contributed by atoms with van der Waals surface area (Å²) in [6.07, 6.45) is 0. The minimum absolute atomic E-state index is 1.18. The van der Waals surface area contributed by atoms with Gasteiger partial charge in [0.2, 0.25) is 0 Å². The van der Waals surface area contributed by atoms with Crippen LogP contribution in [0.3, 0.4) is 0 Å². The molecule has 0 N–H and O–H groups in total. The Labute approximate surface area is 102 Å². The van der Waals surface area contributed by atoms with Crippen molar-refractivity contribution in [2.24, 2.45) is 0 Å². The minimum atomic E-state index is 1.18. The summed E-state index contributed by atoms with van der Waals surface area (Å²) in [5, 5.41) is 2.59. The first-order chi connectivity index (χ1) is 8.34. The van der Waals surface area contributed by atoms with E-state index in [1.165, 1.54) is 27.5 Å². The molecule has 3 aromatic carbocycles. The van der Waals surface area contributed by atoms with Crippen LogP contribution >= 0.6 is 0 Å². The van der Waals surface area contributed by atoms with Crippen LogP contribution in [0.2, 0.25) is 0 Å². The van der Waals surface area contributed by atoms with E-state index in [1.807, 2.05) is 6.07 Å². The first kappa shape index (κ1) is 10.1. The second kappa shape index (κ2) is 4.06. The van der Waals surface area contributed by atoms with E-state index in [9.17, 15) is 0 Å². The number of fused-ring (bicyclic) bond motifs is 1. The molecule has 0 heterocycles. The van der Waals surface area contributed by atoms with Crippen molar-refractivity contribution in [1.82, 2.24) is 0 Å². The van der Waals surface area contributed by atoms with Gasteiger partial charge >= 0.3 is 0 Å². The maximum atomic E-state index is 3.19. The zero-order chi connectivity index (χ0) is 11.7. The lowest BCUT2D eigenvalue weighted by Crippen LogP contribution is -1.82. The van der Waals surface area contributed by atoms with E-state index in [2.05, 4.69) is 67.6 Å². The smallest absolute Gasteiger partial charge is 0.0105 e. The number of hydrogen-bond donors (Lipinski definition) is 0. The van der Waals surface area contributed by atoms with Gasteiger partial charge < -0.3 is 0 Å². The molecule has 0 atom stereocenters. The molecule has 0 spiro atoms. The van der Waals surface area contributed by atoms with Gasteiger partial charge in [-0.3, -0.25) is 0 Å². The molecule has 0 saturated heterocycles. The Morgan fingerprint density at radius 2 is 1.71 bits per heavy atom. The molecule has 0 heteroatoms. The Morgan fingerprint density at radius 3 is 2.59 bits per heavy atom. The average Bonchev–Trinajstić information content (AvgIpc) is 2.38. The van der Waals surface area contributed by atoms with E-state index in [0.29, 0.717) is 0 Å². The highest BCUT2D eigenvalue weighted by Crippen LogP contribution is 2.28. The predicted molar refractivity (Wildman–Crippen MR) is 73.0 cm³/mol. The monoisotopic (exact) mass is 217 g/mol. The minimum Gasteiger partial charge on any atom is -0.0616 e. The number of hydrogen-bond acceptors (Lipinski definition) is 0. The largest absolute Gasteiger partial charge is 0.0616 e. The fourth-order valence-electron chi connectivity index (χ4n) is 2.23. The lowest BCUT2D eigenvalue weighted by Gasteiger charge is -2.07. The van der Waals surface area contributed by atoms with E-state index in [-0.39, 0.29) is 0 Å². The van der Waals surface area contributed by atoms with Crippen molar-refractivity contribution < 1.29 is 0 Å². The van der Waals surface area contributed by atoms with Crippen molar-refractivity contribution in [2.75, 3.05) is 0 Å². The summed E-state index contributed by atoms with van der Waals surface area (Å²) in [6.45, 7) is 2.08. The topological polar surface area (TPSA) is 0 Å². The lowest BCUT2D eigenvalue weighted by atomic mass is 9.97. The second-order valence-electron chi connectivity index (χ2n) is 4.29. The van der Waals surface area contributed by atoms with E-state index >= 15 is 0 Å². The number of aryl methyl sites for hydroxylation is 1. The molecule has 1 radical (unpaired) electrons. The van der Waals surface area contributed by atoms with Crippen LogP contribution < -0.4 is 0 Å². The number of benzene rings is 3. The van der Waals surface area contributed by atoms with Gasteiger partial charge in [0.25, 0.3) is 0 Å². The maximum Gasteiger partial charge on any atom is -0.0105 e. The molecule has 0 saturated carbocycles. The quantitative estimate of drug-likeness (QED) is 0.558. The molecule has 0 unspecified atom stereocenters. The van der Waals surface area contributed by atoms with Crippen molar-refractivity contribution in [3.63, 3.8) is 0 Å². The summed E-state index contributed by atoms with van der Waals surface area (Å²) in [5.74, 6) is 0. The van der Waals surface area contributed by atoms with Gasteiger partial charge in [0.1, 0.15) is 0 Å². The Bertz CT molecular complexity index is 660. The fourth-order valence-corrected chi connectivity index (χ4v) is 2.23. The first-order valence-corrected chi connectivity index (χ1v) is 5.81. The fraction of sp³-hybridized carbons (Fsp3) is 0.0588. The van der Waals surface area contributed by atoms with Crippen LogP contribution in [-0.2, 0) is 0 Å². The summed E-state index contributed by atoms with van der Waals surface area (Å²) >= 11 is 0. The summed E-state index contributed by atoms with van der Waals surface area (Å²) in [5.41, 5.74) is 3.73. The molecule has 3 aromatic rings. The SMILES string of the molecule is Cc1[c]ccc(-c2cccc3ccccc23)c1. The van der Waals surface area contributed by atoms with E-state index in [1.54, 1.807) is 0 Å². The van der Waals surface area contributed by atoms with Crippen LogP contribution in [0, 0.1) is 13.0 Å². The van der Waals surface area contributed by atoms with Crippen molar-refractivity contribution in [3.05, 3.63) is 72.3 Å². The van der Waals surface area contributed by atoms with Gasteiger partial charge in [-0.2, -0.15) is 0 Å². The molecular formula is C17H13. The average molecular weight is 217 g/mol. The van der Waals surface area contributed by atoms with Crippen molar-refractivity contribution in [3.8, 4) is 11.1 Å². The van der Waals surface area contributed by atoms with Gasteiger partial charge in [0.05, 0.1) is 0 Å². The standard InChI is InChI=1S/C17H13/c1-13-6-4-9-15(12-13)17-11-5-8-14-7-2-3-10-16(14)17/h2-5,7-12H,1H3. The van der Waals surface area contributed by atoms with Gasteiger partial charge in [-0.25, -0.2) is 0 Å². The van der Waals surface area contributed by atoms with Crippen molar-refractivity contribution in [2.45, 2.75) is 6.92 Å². The molecule has 3 rings (SSSR count). The lowest BCUT2D eigenvalue weighted by molar-refractivity contribution is 1.46. The Balaban J connectivity index is 2.30. The molecular weight excluding hydrogens is 204 g/mol. The third kappa shape index (κ3) is 1.83. The molecule has 0 aliphatic carbocycles. The van der Waals surface area contributed by atoms with Crippen LogP contribution in [0.5, 0.6) is 0 Å². The van der Waals surface area contributed by atoms with Crippen LogP contribution in [0.15, 0.2) is 60.7 Å². The van der Waals surface area contributed by atoms with E-state index < -0.39 is 0 Å². The van der Waals surface area contributed by atoms with E-state index in [0.717, 1.165) is 0 Å². The maximum absolute atomic E-state index is 3.19. The van der Waals surface area contributed by atoms with E-state index in [4.69, 9.17) is 0 Å². The van der Waals surface area contributed by atoms with Crippen LogP contribution in [0.4, 0.5) is 0 Å². The van der Waals surface area contributed by atoms with Crippen LogP contribution in [-0.4, -0.2) is 0 Å². The zero-order valence-corrected chi connectivity index (χ0v) is 9.77. The highest BCUT2D eigenvalue weighted by atomic mass is 14.1. The van der Waals surface area contributed by atoms with Crippen molar-refractivity contribution >= 4 is 10.8 Å². The predicted octanol–water partition coefficient (Wildman–Crippen LogP) is 4.62. The van der Waals surface area contributed by atoms with Gasteiger partial charge in [-0.1, -0.05) is 60.7 Å². The normalized spacial score (nSPS) is 10.6. The molecule has 0 nitrogen and oxygen atoms in total. The third-order valence-electron chi connectivity index (χ3n) is 3.05. The molecule has 0 aliphatic heterocycles. The molecule has 0 fully saturated rings. The third-order valence-corrected chi connectivity index (χ3v) is 3.05. The molecule has 81 valence electrons. The summed E-state index contributed by atoms with van der Waals surface area (Å²) in [6, 6.07) is 24.4. The highest BCUT2D eigenvalue weighted by molar-refractivity contribution is 5.96. The van der Waals surface area contributed by atoms with Gasteiger partial charge in [0.15, 0.2) is 0 Å². The zero-order valence-electron chi connectivity index (χ0n) is 9.77.